The van der Waals surface area contributed by atoms with E-state index >= 15 is 0 Å². The molecule has 2 aromatic carbocycles. The molecule has 1 aromatic heterocycles. The number of rotatable bonds is 8. The number of carbonyl (C=O) groups is 1. The van der Waals surface area contributed by atoms with Crippen molar-refractivity contribution >= 4 is 28.4 Å². The molecule has 3 rings (SSSR count). The fraction of sp³-hybridized carbons (Fsp3) is 0.348. The van der Waals surface area contributed by atoms with E-state index in [9.17, 15) is 9.59 Å². The number of hydrogen-bond acceptors (Lipinski definition) is 3. The van der Waals surface area contributed by atoms with E-state index in [0.717, 1.165) is 25.7 Å². The van der Waals surface area contributed by atoms with Gasteiger partial charge < -0.3 is 9.88 Å². The molecule has 0 radical (unpaired) electrons. The maximum atomic E-state index is 13.2. The van der Waals surface area contributed by atoms with Gasteiger partial charge in [0, 0.05) is 11.6 Å². The van der Waals surface area contributed by atoms with Crippen molar-refractivity contribution < 1.29 is 4.79 Å². The van der Waals surface area contributed by atoms with Crippen LogP contribution in [0.3, 0.4) is 0 Å². The Morgan fingerprint density at radius 2 is 2.10 bits per heavy atom. The molecule has 0 spiro atoms. The van der Waals surface area contributed by atoms with Crippen LogP contribution >= 0.6 is 11.6 Å². The lowest BCUT2D eigenvalue weighted by Crippen LogP contribution is -2.36. The molecule has 0 bridgehead atoms. The summed E-state index contributed by atoms with van der Waals surface area (Å²) in [6.07, 6.45) is 4.15. The number of fused-ring (bicyclic) bond motifs is 1. The van der Waals surface area contributed by atoms with Crippen molar-refractivity contribution in [2.75, 3.05) is 6.54 Å². The lowest BCUT2D eigenvalue weighted by Gasteiger charge is -2.28. The summed E-state index contributed by atoms with van der Waals surface area (Å²) in [7, 11) is 0. The first-order chi connectivity index (χ1) is 14.0. The summed E-state index contributed by atoms with van der Waals surface area (Å²) in [5.41, 5.74) is 0.716. The molecule has 0 aliphatic rings. The molecule has 5 nitrogen and oxygen atoms in total. The van der Waals surface area contributed by atoms with Crippen molar-refractivity contribution in [1.29, 1.82) is 0 Å². The van der Waals surface area contributed by atoms with Gasteiger partial charge >= 0.3 is 0 Å². The van der Waals surface area contributed by atoms with Crippen molar-refractivity contribution in [3.05, 3.63) is 75.3 Å². The number of nitrogens with one attached hydrogen (secondary N) is 1. The smallest absolute Gasteiger partial charge is 0.262 e. The maximum Gasteiger partial charge on any atom is 0.262 e. The molecule has 6 heteroatoms. The quantitative estimate of drug-likeness (QED) is 0.534. The van der Waals surface area contributed by atoms with Gasteiger partial charge in [-0.1, -0.05) is 56.0 Å². The average Bonchev–Trinajstić information content (AvgIpc) is 2.73. The summed E-state index contributed by atoms with van der Waals surface area (Å²) in [5.74, 6) is 0.285. The van der Waals surface area contributed by atoms with Crippen molar-refractivity contribution in [3.8, 4) is 0 Å². The number of aromatic nitrogens is 2. The number of amides is 1. The Balaban J connectivity index is 1.94. The molecule has 0 saturated carbocycles. The normalized spacial score (nSPS) is 11.8. The summed E-state index contributed by atoms with van der Waals surface area (Å²) in [4.78, 5) is 34.8. The lowest BCUT2D eigenvalue weighted by molar-refractivity contribution is 0.0679. The number of nitrogens with zero attached hydrogens (tertiary/aromatic N) is 2. The Morgan fingerprint density at radius 1 is 1.28 bits per heavy atom. The molecule has 1 unspecified atom stereocenters. The maximum absolute atomic E-state index is 13.2. The highest BCUT2D eigenvalue weighted by molar-refractivity contribution is 6.31. The Labute approximate surface area is 175 Å². The molecule has 0 aliphatic heterocycles. The second-order valence-corrected chi connectivity index (χ2v) is 7.49. The van der Waals surface area contributed by atoms with Crippen LogP contribution < -0.4 is 5.56 Å². The van der Waals surface area contributed by atoms with Gasteiger partial charge in [-0.3, -0.25) is 9.59 Å². The highest BCUT2D eigenvalue weighted by Gasteiger charge is 2.24. The number of aromatic amines is 1. The summed E-state index contributed by atoms with van der Waals surface area (Å²) < 4.78 is 0. The second kappa shape index (κ2) is 9.58. The first-order valence-corrected chi connectivity index (χ1v) is 10.3. The Hall–Kier alpha value is -2.84. The zero-order chi connectivity index (χ0) is 20.8. The molecular weight excluding hydrogens is 386 g/mol. The second-order valence-electron chi connectivity index (χ2n) is 7.06. The van der Waals surface area contributed by atoms with Crippen LogP contribution in [0, 0.1) is 12.1 Å². The summed E-state index contributed by atoms with van der Waals surface area (Å²) in [6, 6.07) is 15.5. The lowest BCUT2D eigenvalue weighted by atomic mass is 10.1. The van der Waals surface area contributed by atoms with E-state index < -0.39 is 6.04 Å². The van der Waals surface area contributed by atoms with Gasteiger partial charge in [0.2, 0.25) is 0 Å². The molecule has 1 atom stereocenters. The summed E-state index contributed by atoms with van der Waals surface area (Å²) in [5, 5.41) is 0.980. The van der Waals surface area contributed by atoms with Crippen molar-refractivity contribution in [2.24, 2.45) is 0 Å². The standard InChI is InChI=1S/C23H24ClN3O2/c1-3-4-5-9-14-27(23(29)17-10-7-6-8-11-17)16(2)21-25-20-15-18(24)12-13-19(20)22(28)26-21/h6-7,10,12-13,15-16H,3-5,9,14H2,1-2H3,(H,25,26,28). The van der Waals surface area contributed by atoms with Gasteiger partial charge in [0.1, 0.15) is 5.82 Å². The number of hydrogen-bond donors (Lipinski definition) is 1. The minimum atomic E-state index is -0.409. The van der Waals surface area contributed by atoms with Crippen molar-refractivity contribution in [2.45, 2.75) is 45.6 Å². The monoisotopic (exact) mass is 409 g/mol. The zero-order valence-corrected chi connectivity index (χ0v) is 17.4. The zero-order valence-electron chi connectivity index (χ0n) is 16.7. The minimum Gasteiger partial charge on any atom is -0.328 e. The predicted molar refractivity (Wildman–Crippen MR) is 115 cm³/mol. The number of carbonyl (C=O) groups excluding carboxylic acids is 1. The molecule has 0 saturated heterocycles. The van der Waals surface area contributed by atoms with E-state index in [2.05, 4.69) is 29.0 Å². The number of benzene rings is 1. The van der Waals surface area contributed by atoms with Crippen LogP contribution in [0.5, 0.6) is 0 Å². The van der Waals surface area contributed by atoms with Gasteiger partial charge in [-0.2, -0.15) is 0 Å². The van der Waals surface area contributed by atoms with Gasteiger partial charge in [-0.25, -0.2) is 4.98 Å². The van der Waals surface area contributed by atoms with Crippen molar-refractivity contribution in [1.82, 2.24) is 14.9 Å². The van der Waals surface area contributed by atoms with E-state index in [0.29, 0.717) is 33.9 Å². The van der Waals surface area contributed by atoms with Crippen LogP contribution in [0.1, 0.15) is 61.8 Å². The average molecular weight is 410 g/mol. The van der Waals surface area contributed by atoms with E-state index in [4.69, 9.17) is 11.6 Å². The Morgan fingerprint density at radius 3 is 2.83 bits per heavy atom. The molecule has 0 aliphatic carbocycles. The van der Waals surface area contributed by atoms with Crippen LogP contribution in [0.4, 0.5) is 0 Å². The third-order valence-corrected chi connectivity index (χ3v) is 5.18. The van der Waals surface area contributed by atoms with E-state index in [-0.39, 0.29) is 11.5 Å². The Kier molecular flexibility index (Phi) is 6.90. The molecule has 3 aromatic rings. The first kappa shape index (κ1) is 20.9. The van der Waals surface area contributed by atoms with Gasteiger partial charge in [0.05, 0.1) is 22.5 Å². The molecule has 150 valence electrons. The van der Waals surface area contributed by atoms with E-state index in [1.807, 2.05) is 6.92 Å². The Bertz CT molecular complexity index is 1030. The SMILES string of the molecule is CCCCCCN(C(=O)c1c#cccc1)C(C)c1nc2cc(Cl)ccc2c(=O)[nH]1. The van der Waals surface area contributed by atoms with Crippen LogP contribution in [0.15, 0.2) is 41.2 Å². The van der Waals surface area contributed by atoms with E-state index in [1.54, 1.807) is 41.3 Å². The van der Waals surface area contributed by atoms with Gasteiger partial charge in [-0.15, -0.1) is 0 Å². The van der Waals surface area contributed by atoms with Crippen molar-refractivity contribution in [3.63, 3.8) is 0 Å². The number of H-pyrrole nitrogens is 1. The van der Waals surface area contributed by atoms with Crippen LogP contribution in [0.25, 0.3) is 10.9 Å². The highest BCUT2D eigenvalue weighted by atomic mass is 35.5. The molecule has 29 heavy (non-hydrogen) atoms. The van der Waals surface area contributed by atoms with Gasteiger partial charge in [0.25, 0.3) is 11.5 Å². The molecular formula is C23H24ClN3O2. The summed E-state index contributed by atoms with van der Waals surface area (Å²) >= 11 is 6.07. The first-order valence-electron chi connectivity index (χ1n) is 9.90. The third-order valence-electron chi connectivity index (χ3n) is 4.94. The van der Waals surface area contributed by atoms with Crippen LogP contribution in [-0.2, 0) is 0 Å². The minimum absolute atomic E-state index is 0.153. The number of unbranched alkanes of at least 4 members (excludes halogenated alkanes) is 3. The van der Waals surface area contributed by atoms with Crippen LogP contribution in [0.2, 0.25) is 5.02 Å². The number of halogens is 1. The molecule has 0 fully saturated rings. The fourth-order valence-electron chi connectivity index (χ4n) is 3.29. The highest BCUT2D eigenvalue weighted by Crippen LogP contribution is 2.22. The van der Waals surface area contributed by atoms with Crippen LogP contribution in [-0.4, -0.2) is 27.3 Å². The predicted octanol–water partition coefficient (Wildman–Crippen LogP) is 4.96. The molecule has 1 N–H and O–H groups in total. The fourth-order valence-corrected chi connectivity index (χ4v) is 3.46. The third kappa shape index (κ3) is 4.96. The van der Waals surface area contributed by atoms with E-state index in [1.165, 1.54) is 0 Å². The topological polar surface area (TPSA) is 66.1 Å². The van der Waals surface area contributed by atoms with Gasteiger partial charge in [-0.05, 0) is 43.7 Å². The molecule has 1 heterocycles. The molecule has 1 amide bonds. The largest absolute Gasteiger partial charge is 0.328 e. The summed E-state index contributed by atoms with van der Waals surface area (Å²) in [6.45, 7) is 4.59. The van der Waals surface area contributed by atoms with Gasteiger partial charge in [0.15, 0.2) is 0 Å².